The van der Waals surface area contributed by atoms with E-state index in [1.165, 1.54) is 0 Å². The fraction of sp³-hybridized carbons (Fsp3) is 0.304. The maximum atomic E-state index is 13.2. The minimum Gasteiger partial charge on any atom is -0.508 e. The van der Waals surface area contributed by atoms with E-state index >= 15 is 0 Å². The Balaban J connectivity index is 1.73. The number of fused-ring (bicyclic) bond motifs is 1. The number of nitrogens with zero attached hydrogens (tertiary/aromatic N) is 1. The van der Waals surface area contributed by atoms with Crippen LogP contribution in [0.2, 0.25) is 0 Å². The van der Waals surface area contributed by atoms with Crippen molar-refractivity contribution >= 4 is 38.7 Å². The zero-order chi connectivity index (χ0) is 20.5. The number of aromatic hydroxyl groups is 1. The summed E-state index contributed by atoms with van der Waals surface area (Å²) in [5, 5.41) is 10.7. The summed E-state index contributed by atoms with van der Waals surface area (Å²) in [5.41, 5.74) is 2.60. The first kappa shape index (κ1) is 19.7. The number of phenols is 1. The molecule has 2 aromatic carbocycles. The number of ether oxygens (including phenoxy) is 1. The van der Waals surface area contributed by atoms with E-state index in [4.69, 9.17) is 4.74 Å². The third-order valence-corrected chi connectivity index (χ3v) is 6.06. The number of phenolic OH excluding ortho intramolecular Hbond substituents is 1. The van der Waals surface area contributed by atoms with Gasteiger partial charge in [0.05, 0.1) is 11.9 Å². The van der Waals surface area contributed by atoms with Crippen LogP contribution in [0.15, 0.2) is 46.9 Å². The Kier molecular flexibility index (Phi) is 5.46. The van der Waals surface area contributed by atoms with Crippen LogP contribution in [0, 0.1) is 6.92 Å². The van der Waals surface area contributed by atoms with E-state index in [0.29, 0.717) is 27.7 Å². The summed E-state index contributed by atoms with van der Waals surface area (Å²) in [6.07, 6.45) is 4.07. The highest BCUT2D eigenvalue weighted by Crippen LogP contribution is 2.31. The van der Waals surface area contributed by atoms with Crippen molar-refractivity contribution in [3.05, 3.63) is 63.8 Å². The molecule has 1 fully saturated rings. The van der Waals surface area contributed by atoms with Gasteiger partial charge in [-0.3, -0.25) is 14.2 Å². The van der Waals surface area contributed by atoms with Gasteiger partial charge in [-0.25, -0.2) is 0 Å². The van der Waals surface area contributed by atoms with Gasteiger partial charge in [0.1, 0.15) is 11.9 Å². The second-order valence-corrected chi connectivity index (χ2v) is 8.40. The first-order valence-electron chi connectivity index (χ1n) is 9.76. The van der Waals surface area contributed by atoms with E-state index in [0.717, 1.165) is 30.2 Å². The van der Waals surface area contributed by atoms with Gasteiger partial charge < -0.3 is 9.84 Å². The van der Waals surface area contributed by atoms with E-state index < -0.39 is 0 Å². The van der Waals surface area contributed by atoms with Crippen LogP contribution in [-0.2, 0) is 16.0 Å². The second-order valence-electron chi connectivity index (χ2n) is 7.49. The first-order valence-corrected chi connectivity index (χ1v) is 10.6. The molecule has 3 aromatic rings. The number of halogens is 1. The molecule has 1 N–H and O–H groups in total. The van der Waals surface area contributed by atoms with E-state index in [1.807, 2.05) is 19.1 Å². The standard InChI is InChI=1S/C23H22BrNO4/c1-14-19(13-22(27)29-18-4-2-3-5-18)20-12-17(26)10-11-21(20)25(14)23(28)15-6-8-16(24)9-7-15/h6-12,18,26H,2-5,13H2,1H3. The molecule has 0 unspecified atom stereocenters. The molecular formula is C23H22BrNO4. The Bertz CT molecular complexity index is 1080. The molecule has 4 rings (SSSR count). The average Bonchev–Trinajstić information content (AvgIpc) is 3.29. The fourth-order valence-electron chi connectivity index (χ4n) is 4.06. The van der Waals surface area contributed by atoms with Gasteiger partial charge in [-0.15, -0.1) is 0 Å². The van der Waals surface area contributed by atoms with Crippen molar-refractivity contribution in [2.24, 2.45) is 0 Å². The van der Waals surface area contributed by atoms with Crippen LogP contribution < -0.4 is 0 Å². The predicted molar refractivity (Wildman–Crippen MR) is 114 cm³/mol. The Labute approximate surface area is 177 Å². The van der Waals surface area contributed by atoms with Crippen LogP contribution in [0.1, 0.15) is 47.3 Å². The maximum Gasteiger partial charge on any atom is 0.310 e. The zero-order valence-electron chi connectivity index (χ0n) is 16.2. The maximum absolute atomic E-state index is 13.2. The molecule has 0 amide bonds. The summed E-state index contributed by atoms with van der Waals surface area (Å²) >= 11 is 3.38. The van der Waals surface area contributed by atoms with Crippen molar-refractivity contribution < 1.29 is 19.4 Å². The van der Waals surface area contributed by atoms with Crippen molar-refractivity contribution in [2.45, 2.75) is 45.1 Å². The van der Waals surface area contributed by atoms with Gasteiger partial charge in [0.15, 0.2) is 0 Å². The molecule has 0 saturated heterocycles. The van der Waals surface area contributed by atoms with Crippen LogP contribution >= 0.6 is 15.9 Å². The molecule has 0 spiro atoms. The Morgan fingerprint density at radius 2 is 1.83 bits per heavy atom. The van der Waals surface area contributed by atoms with Crippen molar-refractivity contribution in [1.29, 1.82) is 0 Å². The molecule has 150 valence electrons. The van der Waals surface area contributed by atoms with Gasteiger partial charge in [0.25, 0.3) is 5.91 Å². The number of carbonyl (C=O) groups excluding carboxylic acids is 2. The lowest BCUT2D eigenvalue weighted by atomic mass is 10.1. The topological polar surface area (TPSA) is 68.5 Å². The number of carbonyl (C=O) groups is 2. The van der Waals surface area contributed by atoms with Crippen molar-refractivity contribution in [3.63, 3.8) is 0 Å². The van der Waals surface area contributed by atoms with Gasteiger partial charge in [-0.2, -0.15) is 0 Å². The minimum absolute atomic E-state index is 0.00560. The lowest BCUT2D eigenvalue weighted by molar-refractivity contribution is -0.147. The van der Waals surface area contributed by atoms with E-state index in [2.05, 4.69) is 15.9 Å². The van der Waals surface area contributed by atoms with E-state index in [9.17, 15) is 14.7 Å². The normalized spacial score (nSPS) is 14.4. The third kappa shape index (κ3) is 3.94. The Morgan fingerprint density at radius 1 is 1.14 bits per heavy atom. The number of benzene rings is 2. The summed E-state index contributed by atoms with van der Waals surface area (Å²) in [5.74, 6) is -0.379. The Hall–Kier alpha value is -2.60. The predicted octanol–water partition coefficient (Wildman–Crippen LogP) is 5.13. The van der Waals surface area contributed by atoms with Gasteiger partial charge in [0, 0.05) is 21.1 Å². The zero-order valence-corrected chi connectivity index (χ0v) is 17.7. The fourth-order valence-corrected chi connectivity index (χ4v) is 4.32. The molecule has 1 heterocycles. The largest absolute Gasteiger partial charge is 0.508 e. The molecule has 6 heteroatoms. The smallest absolute Gasteiger partial charge is 0.310 e. The molecule has 0 radical (unpaired) electrons. The highest BCUT2D eigenvalue weighted by atomic mass is 79.9. The van der Waals surface area contributed by atoms with Crippen molar-refractivity contribution in [3.8, 4) is 5.75 Å². The molecule has 5 nitrogen and oxygen atoms in total. The molecule has 0 aliphatic heterocycles. The molecule has 1 aliphatic rings. The summed E-state index contributed by atoms with van der Waals surface area (Å²) in [6.45, 7) is 1.83. The number of esters is 1. The summed E-state index contributed by atoms with van der Waals surface area (Å²) < 4.78 is 8.12. The van der Waals surface area contributed by atoms with Crippen molar-refractivity contribution in [1.82, 2.24) is 4.57 Å². The number of hydrogen-bond acceptors (Lipinski definition) is 4. The molecule has 29 heavy (non-hydrogen) atoms. The summed E-state index contributed by atoms with van der Waals surface area (Å²) in [6, 6.07) is 12.0. The highest BCUT2D eigenvalue weighted by molar-refractivity contribution is 9.10. The quantitative estimate of drug-likeness (QED) is 0.553. The van der Waals surface area contributed by atoms with E-state index in [-0.39, 0.29) is 30.2 Å². The van der Waals surface area contributed by atoms with Crippen LogP contribution in [0.5, 0.6) is 5.75 Å². The minimum atomic E-state index is -0.293. The lowest BCUT2D eigenvalue weighted by Gasteiger charge is -2.11. The summed E-state index contributed by atoms with van der Waals surface area (Å²) in [4.78, 5) is 25.8. The van der Waals surface area contributed by atoms with Crippen LogP contribution in [-0.4, -0.2) is 27.7 Å². The van der Waals surface area contributed by atoms with Crippen molar-refractivity contribution in [2.75, 3.05) is 0 Å². The number of hydrogen-bond donors (Lipinski definition) is 1. The molecule has 1 aromatic heterocycles. The first-order chi connectivity index (χ1) is 13.9. The molecule has 1 saturated carbocycles. The lowest BCUT2D eigenvalue weighted by Crippen LogP contribution is -2.17. The molecule has 0 atom stereocenters. The molecular weight excluding hydrogens is 434 g/mol. The van der Waals surface area contributed by atoms with Crippen LogP contribution in [0.4, 0.5) is 0 Å². The second kappa shape index (κ2) is 8.03. The highest BCUT2D eigenvalue weighted by Gasteiger charge is 2.24. The third-order valence-electron chi connectivity index (χ3n) is 5.53. The number of aromatic nitrogens is 1. The average molecular weight is 456 g/mol. The van der Waals surface area contributed by atoms with Gasteiger partial charge in [0.2, 0.25) is 0 Å². The monoisotopic (exact) mass is 455 g/mol. The Morgan fingerprint density at radius 3 is 2.52 bits per heavy atom. The van der Waals surface area contributed by atoms with Crippen LogP contribution in [0.25, 0.3) is 10.9 Å². The van der Waals surface area contributed by atoms with E-state index in [1.54, 1.807) is 34.9 Å². The summed E-state index contributed by atoms with van der Waals surface area (Å²) in [7, 11) is 0. The SMILES string of the molecule is Cc1c(CC(=O)OC2CCCC2)c2cc(O)ccc2n1C(=O)c1ccc(Br)cc1. The van der Waals surface area contributed by atoms with Crippen LogP contribution in [0.3, 0.4) is 0 Å². The van der Waals surface area contributed by atoms with Gasteiger partial charge in [-0.05, 0) is 80.6 Å². The number of rotatable bonds is 4. The van der Waals surface area contributed by atoms with Gasteiger partial charge >= 0.3 is 5.97 Å². The molecule has 1 aliphatic carbocycles. The molecule has 0 bridgehead atoms. The van der Waals surface area contributed by atoms with Gasteiger partial charge in [-0.1, -0.05) is 15.9 Å².